The SMILES string of the molecule is CCN(C(=O)c1ccc(NC(=O)c2ccccc2OCCc2ccccc2)cc1)c1cccc2ccccc12. The van der Waals surface area contributed by atoms with Gasteiger partial charge in [-0.1, -0.05) is 78.9 Å². The molecule has 0 aromatic heterocycles. The zero-order valence-electron chi connectivity index (χ0n) is 21.8. The van der Waals surface area contributed by atoms with Gasteiger partial charge in [0.15, 0.2) is 0 Å². The number of ether oxygens (including phenoxy) is 1. The Morgan fingerprint density at radius 3 is 2.23 bits per heavy atom. The molecule has 0 unspecified atom stereocenters. The topological polar surface area (TPSA) is 58.6 Å². The van der Waals surface area contributed by atoms with Crippen molar-refractivity contribution in [2.45, 2.75) is 13.3 Å². The molecule has 5 nitrogen and oxygen atoms in total. The average Bonchev–Trinajstić information content (AvgIpc) is 2.99. The van der Waals surface area contributed by atoms with E-state index in [1.54, 1.807) is 41.3 Å². The molecule has 5 heteroatoms. The third-order valence-corrected chi connectivity index (χ3v) is 6.63. The van der Waals surface area contributed by atoms with Gasteiger partial charge in [0.2, 0.25) is 0 Å². The van der Waals surface area contributed by atoms with Gasteiger partial charge in [-0.15, -0.1) is 0 Å². The average molecular weight is 515 g/mol. The minimum Gasteiger partial charge on any atom is -0.492 e. The number of anilines is 2. The fraction of sp³-hybridized carbons (Fsp3) is 0.118. The third-order valence-electron chi connectivity index (χ3n) is 6.63. The van der Waals surface area contributed by atoms with Gasteiger partial charge in [0, 0.05) is 29.6 Å². The summed E-state index contributed by atoms with van der Waals surface area (Å²) in [5.74, 6) is 0.172. The first-order valence-electron chi connectivity index (χ1n) is 13.1. The largest absolute Gasteiger partial charge is 0.492 e. The highest BCUT2D eigenvalue weighted by Crippen LogP contribution is 2.28. The van der Waals surface area contributed by atoms with Crippen LogP contribution in [0.2, 0.25) is 0 Å². The standard InChI is InChI=1S/C34H30N2O3/c1-2-36(31-17-10-14-26-13-6-7-15-29(26)31)34(38)27-19-21-28(22-20-27)35-33(37)30-16-8-9-18-32(30)39-24-23-25-11-4-3-5-12-25/h3-22H,2,23-24H2,1H3,(H,35,37). The summed E-state index contributed by atoms with van der Waals surface area (Å²) in [6, 6.07) is 38.3. The molecule has 5 rings (SSSR count). The van der Waals surface area contributed by atoms with Gasteiger partial charge in [-0.3, -0.25) is 9.59 Å². The van der Waals surface area contributed by atoms with Gasteiger partial charge in [0.25, 0.3) is 11.8 Å². The molecule has 194 valence electrons. The predicted molar refractivity (Wildman–Crippen MR) is 158 cm³/mol. The lowest BCUT2D eigenvalue weighted by Gasteiger charge is -2.23. The second-order valence-corrected chi connectivity index (χ2v) is 9.16. The van der Waals surface area contributed by atoms with E-state index in [2.05, 4.69) is 17.4 Å². The first kappa shape index (κ1) is 25.7. The highest BCUT2D eigenvalue weighted by molar-refractivity contribution is 6.11. The summed E-state index contributed by atoms with van der Waals surface area (Å²) < 4.78 is 5.95. The molecular formula is C34H30N2O3. The molecule has 39 heavy (non-hydrogen) atoms. The van der Waals surface area contributed by atoms with Crippen LogP contribution in [0.15, 0.2) is 121 Å². The Kier molecular flexibility index (Phi) is 7.98. The van der Waals surface area contributed by atoms with E-state index in [-0.39, 0.29) is 11.8 Å². The fourth-order valence-electron chi connectivity index (χ4n) is 4.62. The van der Waals surface area contributed by atoms with E-state index in [4.69, 9.17) is 4.74 Å². The minimum atomic E-state index is -0.268. The lowest BCUT2D eigenvalue weighted by molar-refractivity contribution is 0.0987. The van der Waals surface area contributed by atoms with Crippen LogP contribution in [0.1, 0.15) is 33.2 Å². The van der Waals surface area contributed by atoms with Crippen molar-refractivity contribution < 1.29 is 14.3 Å². The monoisotopic (exact) mass is 514 g/mol. The number of hydrogen-bond donors (Lipinski definition) is 1. The summed E-state index contributed by atoms with van der Waals surface area (Å²) >= 11 is 0. The van der Waals surface area contributed by atoms with Crippen LogP contribution in [0, 0.1) is 0 Å². The minimum absolute atomic E-state index is 0.0936. The Labute approximate surface area is 228 Å². The van der Waals surface area contributed by atoms with E-state index in [9.17, 15) is 9.59 Å². The molecule has 0 aliphatic rings. The molecule has 5 aromatic rings. The second kappa shape index (κ2) is 12.1. The van der Waals surface area contributed by atoms with Crippen molar-refractivity contribution in [1.82, 2.24) is 0 Å². The predicted octanol–water partition coefficient (Wildman–Crippen LogP) is 7.38. The lowest BCUT2D eigenvalue weighted by atomic mass is 10.1. The summed E-state index contributed by atoms with van der Waals surface area (Å²) in [6.45, 7) is 2.97. The number of nitrogens with zero attached hydrogens (tertiary/aromatic N) is 1. The maximum Gasteiger partial charge on any atom is 0.259 e. The van der Waals surface area contributed by atoms with Gasteiger partial charge >= 0.3 is 0 Å². The molecule has 0 aliphatic heterocycles. The van der Waals surface area contributed by atoms with E-state index in [0.717, 1.165) is 22.9 Å². The molecule has 2 amide bonds. The number of carbonyl (C=O) groups excluding carboxylic acids is 2. The summed E-state index contributed by atoms with van der Waals surface area (Å²) in [6.07, 6.45) is 0.750. The smallest absolute Gasteiger partial charge is 0.259 e. The van der Waals surface area contributed by atoms with E-state index in [1.807, 2.05) is 79.7 Å². The zero-order chi connectivity index (χ0) is 27.0. The molecule has 0 bridgehead atoms. The molecule has 0 radical (unpaired) electrons. The number of fused-ring (bicyclic) bond motifs is 1. The zero-order valence-corrected chi connectivity index (χ0v) is 21.8. The number of carbonyl (C=O) groups is 2. The molecule has 0 saturated carbocycles. The van der Waals surface area contributed by atoms with Crippen LogP contribution >= 0.6 is 0 Å². The summed E-state index contributed by atoms with van der Waals surface area (Å²) in [5.41, 5.74) is 3.66. The molecule has 5 aromatic carbocycles. The Hall–Kier alpha value is -4.90. The summed E-state index contributed by atoms with van der Waals surface area (Å²) in [5, 5.41) is 5.05. The highest BCUT2D eigenvalue weighted by Gasteiger charge is 2.19. The van der Waals surface area contributed by atoms with Crippen molar-refractivity contribution in [1.29, 1.82) is 0 Å². The molecule has 0 atom stereocenters. The van der Waals surface area contributed by atoms with Crippen LogP contribution in [0.4, 0.5) is 11.4 Å². The molecule has 0 saturated heterocycles. The van der Waals surface area contributed by atoms with E-state index >= 15 is 0 Å². The first-order valence-corrected chi connectivity index (χ1v) is 13.1. The second-order valence-electron chi connectivity index (χ2n) is 9.16. The van der Waals surface area contributed by atoms with Crippen molar-refractivity contribution in [2.24, 2.45) is 0 Å². The van der Waals surface area contributed by atoms with Crippen LogP contribution in [0.5, 0.6) is 5.75 Å². The van der Waals surface area contributed by atoms with Gasteiger partial charge in [-0.25, -0.2) is 0 Å². The van der Waals surface area contributed by atoms with Crippen molar-refractivity contribution in [3.8, 4) is 5.75 Å². The van der Waals surface area contributed by atoms with Gasteiger partial charge in [-0.2, -0.15) is 0 Å². The maximum atomic E-state index is 13.4. The van der Waals surface area contributed by atoms with Crippen LogP contribution in [-0.2, 0) is 6.42 Å². The normalized spacial score (nSPS) is 10.7. The molecule has 0 aliphatic carbocycles. The lowest BCUT2D eigenvalue weighted by Crippen LogP contribution is -2.30. The molecular weight excluding hydrogens is 484 g/mol. The molecule has 0 spiro atoms. The van der Waals surface area contributed by atoms with Crippen molar-refractivity contribution in [3.63, 3.8) is 0 Å². The van der Waals surface area contributed by atoms with Crippen LogP contribution in [0.3, 0.4) is 0 Å². The van der Waals surface area contributed by atoms with Crippen molar-refractivity contribution in [2.75, 3.05) is 23.4 Å². The maximum absolute atomic E-state index is 13.4. The molecule has 0 fully saturated rings. The molecule has 0 heterocycles. The summed E-state index contributed by atoms with van der Waals surface area (Å²) in [7, 11) is 0. The number of rotatable bonds is 9. The van der Waals surface area contributed by atoms with Gasteiger partial charge in [-0.05, 0) is 60.3 Å². The van der Waals surface area contributed by atoms with Gasteiger partial charge < -0.3 is 15.0 Å². The number of hydrogen-bond acceptors (Lipinski definition) is 3. The Balaban J connectivity index is 1.26. The fourth-order valence-corrected chi connectivity index (χ4v) is 4.62. The van der Waals surface area contributed by atoms with E-state index in [1.165, 1.54) is 5.56 Å². The van der Waals surface area contributed by atoms with Gasteiger partial charge in [0.05, 0.1) is 17.9 Å². The quantitative estimate of drug-likeness (QED) is 0.223. The van der Waals surface area contributed by atoms with E-state index < -0.39 is 0 Å². The highest BCUT2D eigenvalue weighted by atomic mass is 16.5. The number of benzene rings is 5. The van der Waals surface area contributed by atoms with Crippen molar-refractivity contribution in [3.05, 3.63) is 138 Å². The number of para-hydroxylation sites is 1. The van der Waals surface area contributed by atoms with Crippen LogP contribution in [-0.4, -0.2) is 25.0 Å². The van der Waals surface area contributed by atoms with Crippen LogP contribution in [0.25, 0.3) is 10.8 Å². The molecule has 1 N–H and O–H groups in total. The summed E-state index contributed by atoms with van der Waals surface area (Å²) in [4.78, 5) is 28.3. The number of amides is 2. The third kappa shape index (κ3) is 5.99. The first-order chi connectivity index (χ1) is 19.1. The van der Waals surface area contributed by atoms with E-state index in [0.29, 0.717) is 35.7 Å². The van der Waals surface area contributed by atoms with Crippen molar-refractivity contribution >= 4 is 34.0 Å². The van der Waals surface area contributed by atoms with Gasteiger partial charge in [0.1, 0.15) is 5.75 Å². The Bertz CT molecular complexity index is 1570. The number of nitrogens with one attached hydrogen (secondary N) is 1. The Morgan fingerprint density at radius 1 is 0.744 bits per heavy atom. The van der Waals surface area contributed by atoms with Crippen LogP contribution < -0.4 is 15.0 Å². The Morgan fingerprint density at radius 2 is 1.44 bits per heavy atom.